The first-order chi connectivity index (χ1) is 13.1. The van der Waals surface area contributed by atoms with Crippen molar-refractivity contribution in [2.45, 2.75) is 38.0 Å². The number of ether oxygens (including phenoxy) is 1. The lowest BCUT2D eigenvalue weighted by molar-refractivity contribution is 0.414. The van der Waals surface area contributed by atoms with Gasteiger partial charge in [-0.25, -0.2) is 9.67 Å². The summed E-state index contributed by atoms with van der Waals surface area (Å²) in [6, 6.07) is 9.85. The first-order valence-corrected chi connectivity index (χ1v) is 10.5. The van der Waals surface area contributed by atoms with Crippen molar-refractivity contribution in [3.8, 4) is 11.4 Å². The molecule has 1 aromatic heterocycles. The molecule has 0 spiro atoms. The zero-order valence-corrected chi connectivity index (χ0v) is 17.2. The van der Waals surface area contributed by atoms with Crippen LogP contribution in [0.1, 0.15) is 32.4 Å². The number of thioether (sulfide) groups is 1. The van der Waals surface area contributed by atoms with Crippen LogP contribution < -0.4 is 15.4 Å². The Bertz CT molecular complexity index is 750. The smallest absolute Gasteiger partial charge is 0.191 e. The molecule has 0 radical (unpaired) electrons. The van der Waals surface area contributed by atoms with Gasteiger partial charge in [0.2, 0.25) is 0 Å². The van der Waals surface area contributed by atoms with Gasteiger partial charge in [0, 0.05) is 24.0 Å². The Balaban J connectivity index is 1.61. The zero-order chi connectivity index (χ0) is 19.1. The number of methoxy groups -OCH3 is 1. The summed E-state index contributed by atoms with van der Waals surface area (Å²) in [4.78, 5) is 4.70. The number of benzene rings is 1. The van der Waals surface area contributed by atoms with Gasteiger partial charge in [-0.2, -0.15) is 16.9 Å². The second-order valence-corrected chi connectivity index (χ2v) is 8.58. The summed E-state index contributed by atoms with van der Waals surface area (Å²) >= 11 is 2.05. The van der Waals surface area contributed by atoms with Crippen molar-refractivity contribution in [3.63, 3.8) is 0 Å². The van der Waals surface area contributed by atoms with Crippen LogP contribution in [0.2, 0.25) is 0 Å². The molecular formula is C20H29N5OS. The van der Waals surface area contributed by atoms with Gasteiger partial charge in [-0.1, -0.05) is 0 Å². The minimum atomic E-state index is 0.312. The topological polar surface area (TPSA) is 63.5 Å². The molecule has 1 aromatic carbocycles. The third-order valence-electron chi connectivity index (χ3n) is 4.65. The number of aliphatic imine (C=N–C) groups is 1. The monoisotopic (exact) mass is 387 g/mol. The molecule has 0 amide bonds. The second-order valence-electron chi connectivity index (χ2n) is 6.90. The van der Waals surface area contributed by atoms with Gasteiger partial charge < -0.3 is 15.4 Å². The van der Waals surface area contributed by atoms with E-state index in [1.54, 1.807) is 7.11 Å². The van der Waals surface area contributed by atoms with Crippen LogP contribution in [0.4, 0.5) is 0 Å². The number of aromatic nitrogens is 2. The summed E-state index contributed by atoms with van der Waals surface area (Å²) in [5.41, 5.74) is 1.94. The van der Waals surface area contributed by atoms with Crippen LogP contribution in [0.25, 0.3) is 5.69 Å². The lowest BCUT2D eigenvalue weighted by Crippen LogP contribution is -2.43. The minimum absolute atomic E-state index is 0.312. The number of guanidine groups is 1. The van der Waals surface area contributed by atoms with Crippen molar-refractivity contribution in [2.24, 2.45) is 4.99 Å². The van der Waals surface area contributed by atoms with Crippen LogP contribution in [-0.4, -0.2) is 46.4 Å². The van der Waals surface area contributed by atoms with Crippen molar-refractivity contribution < 1.29 is 4.74 Å². The molecule has 3 rings (SSSR count). The van der Waals surface area contributed by atoms with Gasteiger partial charge in [-0.05, 0) is 62.8 Å². The maximum Gasteiger partial charge on any atom is 0.191 e. The summed E-state index contributed by atoms with van der Waals surface area (Å²) in [6.45, 7) is 6.74. The summed E-state index contributed by atoms with van der Waals surface area (Å²) in [5, 5.41) is 11.4. The second kappa shape index (κ2) is 9.17. The van der Waals surface area contributed by atoms with Crippen LogP contribution in [0.5, 0.6) is 5.75 Å². The highest BCUT2D eigenvalue weighted by atomic mass is 32.2. The third-order valence-corrected chi connectivity index (χ3v) is 6.19. The quantitative estimate of drug-likeness (QED) is 0.564. The number of hydrogen-bond donors (Lipinski definition) is 2. The van der Waals surface area contributed by atoms with Crippen molar-refractivity contribution in [3.05, 3.63) is 42.2 Å². The Morgan fingerprint density at radius 1 is 1.30 bits per heavy atom. The van der Waals surface area contributed by atoms with Gasteiger partial charge in [-0.3, -0.25) is 0 Å². The van der Waals surface area contributed by atoms with E-state index in [2.05, 4.69) is 41.3 Å². The molecule has 1 atom stereocenters. The molecule has 2 aromatic rings. The molecule has 0 bridgehead atoms. The Kier molecular flexibility index (Phi) is 6.66. The molecule has 7 heteroatoms. The van der Waals surface area contributed by atoms with Gasteiger partial charge in [0.1, 0.15) is 5.75 Å². The average Bonchev–Trinajstić information content (AvgIpc) is 3.34. The Labute approximate surface area is 165 Å². The Hall–Kier alpha value is -2.15. The predicted octanol–water partition coefficient (Wildman–Crippen LogP) is 3.22. The van der Waals surface area contributed by atoms with Crippen LogP contribution >= 0.6 is 11.8 Å². The van der Waals surface area contributed by atoms with Crippen molar-refractivity contribution >= 4 is 17.7 Å². The van der Waals surface area contributed by atoms with Crippen LogP contribution in [0.3, 0.4) is 0 Å². The normalized spacial score (nSPS) is 19.9. The molecule has 1 fully saturated rings. The largest absolute Gasteiger partial charge is 0.497 e. The predicted molar refractivity (Wildman–Crippen MR) is 113 cm³/mol. The number of hydrogen-bond acceptors (Lipinski definition) is 4. The van der Waals surface area contributed by atoms with Crippen LogP contribution in [-0.2, 0) is 6.54 Å². The molecule has 1 aliphatic rings. The molecule has 1 aliphatic heterocycles. The molecule has 1 saturated heterocycles. The third kappa shape index (κ3) is 5.42. The minimum Gasteiger partial charge on any atom is -0.497 e. The molecule has 1 unspecified atom stereocenters. The molecule has 0 saturated carbocycles. The molecule has 6 nitrogen and oxygen atoms in total. The SMILES string of the molecule is CCNC(=NCc1ccn(-c2ccc(OC)cc2)n1)NCC1(C)CCCS1. The Morgan fingerprint density at radius 2 is 2.11 bits per heavy atom. The Morgan fingerprint density at radius 3 is 2.78 bits per heavy atom. The van der Waals surface area contributed by atoms with E-state index in [0.29, 0.717) is 11.3 Å². The van der Waals surface area contributed by atoms with Gasteiger partial charge >= 0.3 is 0 Å². The van der Waals surface area contributed by atoms with Crippen LogP contribution in [0.15, 0.2) is 41.5 Å². The fourth-order valence-corrected chi connectivity index (χ4v) is 4.32. The lowest BCUT2D eigenvalue weighted by Gasteiger charge is -2.24. The highest BCUT2D eigenvalue weighted by Crippen LogP contribution is 2.36. The maximum atomic E-state index is 5.20. The summed E-state index contributed by atoms with van der Waals surface area (Å²) in [7, 11) is 1.67. The van der Waals surface area contributed by atoms with E-state index in [1.165, 1.54) is 18.6 Å². The maximum absolute atomic E-state index is 5.20. The van der Waals surface area contributed by atoms with E-state index < -0.39 is 0 Å². The molecule has 2 N–H and O–H groups in total. The van der Waals surface area contributed by atoms with Gasteiger partial charge in [0.05, 0.1) is 25.0 Å². The highest BCUT2D eigenvalue weighted by Gasteiger charge is 2.29. The summed E-state index contributed by atoms with van der Waals surface area (Å²) in [6.07, 6.45) is 4.53. The standard InChI is InChI=1S/C20H29N5OS/c1-4-21-19(23-15-20(2)11-5-13-27-20)22-14-16-10-12-25(24-16)17-6-8-18(26-3)9-7-17/h6-10,12H,4-5,11,13-15H2,1-3H3,(H2,21,22,23). The van der Waals surface area contributed by atoms with Gasteiger partial charge in [-0.15, -0.1) is 0 Å². The van der Waals surface area contributed by atoms with E-state index >= 15 is 0 Å². The van der Waals surface area contributed by atoms with Gasteiger partial charge in [0.15, 0.2) is 5.96 Å². The fraction of sp³-hybridized carbons (Fsp3) is 0.500. The first kappa shape index (κ1) is 19.6. The average molecular weight is 388 g/mol. The van der Waals surface area contributed by atoms with Crippen molar-refractivity contribution in [1.82, 2.24) is 20.4 Å². The molecule has 27 heavy (non-hydrogen) atoms. The van der Waals surface area contributed by atoms with Gasteiger partial charge in [0.25, 0.3) is 0 Å². The molecule has 146 valence electrons. The first-order valence-electron chi connectivity index (χ1n) is 9.47. The molecular weight excluding hydrogens is 358 g/mol. The highest BCUT2D eigenvalue weighted by molar-refractivity contribution is 8.00. The number of nitrogens with one attached hydrogen (secondary N) is 2. The van der Waals surface area contributed by atoms with E-state index in [0.717, 1.165) is 36.2 Å². The number of nitrogens with zero attached hydrogens (tertiary/aromatic N) is 3. The fourth-order valence-electron chi connectivity index (χ4n) is 3.07. The van der Waals surface area contributed by atoms with Crippen molar-refractivity contribution in [1.29, 1.82) is 0 Å². The lowest BCUT2D eigenvalue weighted by atomic mass is 10.1. The molecule has 0 aliphatic carbocycles. The summed E-state index contributed by atoms with van der Waals surface area (Å²) < 4.78 is 7.38. The number of rotatable bonds is 7. The zero-order valence-electron chi connectivity index (χ0n) is 16.4. The van der Waals surface area contributed by atoms with E-state index in [9.17, 15) is 0 Å². The summed E-state index contributed by atoms with van der Waals surface area (Å²) in [5.74, 6) is 2.95. The van der Waals surface area contributed by atoms with E-state index in [4.69, 9.17) is 9.73 Å². The van der Waals surface area contributed by atoms with E-state index in [-0.39, 0.29) is 0 Å². The molecule has 2 heterocycles. The van der Waals surface area contributed by atoms with Crippen LogP contribution in [0, 0.1) is 0 Å². The van der Waals surface area contributed by atoms with E-state index in [1.807, 2.05) is 41.2 Å². The van der Waals surface area contributed by atoms with Crippen molar-refractivity contribution in [2.75, 3.05) is 26.0 Å².